The largest absolute Gasteiger partial charge is 0.439 e. The summed E-state index contributed by atoms with van der Waals surface area (Å²) in [5.74, 6) is -0.174. The standard InChI is InChI=1S/C17H10F6N2OS/c1-9-7-14(26-11-4-2-3-10(8-11)16(18,19)20)25-15(24-9)12-5-6-13(27-12)17(21,22)23/h2-8H,1H3. The van der Waals surface area contributed by atoms with Gasteiger partial charge in [-0.3, -0.25) is 0 Å². The van der Waals surface area contributed by atoms with E-state index in [0.29, 0.717) is 17.0 Å². The third kappa shape index (κ3) is 4.57. The first-order valence-electron chi connectivity index (χ1n) is 7.40. The van der Waals surface area contributed by atoms with Gasteiger partial charge in [-0.25, -0.2) is 4.98 Å². The number of benzene rings is 1. The van der Waals surface area contributed by atoms with Crippen LogP contribution in [0.2, 0.25) is 0 Å². The van der Waals surface area contributed by atoms with Gasteiger partial charge in [-0.15, -0.1) is 11.3 Å². The van der Waals surface area contributed by atoms with E-state index in [-0.39, 0.29) is 22.3 Å². The van der Waals surface area contributed by atoms with Crippen LogP contribution in [0.25, 0.3) is 10.7 Å². The van der Waals surface area contributed by atoms with Gasteiger partial charge in [0.2, 0.25) is 5.88 Å². The molecule has 0 aliphatic heterocycles. The molecule has 1 aromatic carbocycles. The van der Waals surface area contributed by atoms with E-state index in [0.717, 1.165) is 18.2 Å². The number of thiophene rings is 1. The van der Waals surface area contributed by atoms with Crippen molar-refractivity contribution in [3.63, 3.8) is 0 Å². The minimum Gasteiger partial charge on any atom is -0.439 e. The topological polar surface area (TPSA) is 35.0 Å². The van der Waals surface area contributed by atoms with E-state index in [9.17, 15) is 26.3 Å². The minimum atomic E-state index is -4.53. The maximum Gasteiger partial charge on any atom is 0.425 e. The van der Waals surface area contributed by atoms with Gasteiger partial charge in [0, 0.05) is 11.8 Å². The molecule has 3 nitrogen and oxygen atoms in total. The van der Waals surface area contributed by atoms with E-state index in [2.05, 4.69) is 9.97 Å². The zero-order valence-electron chi connectivity index (χ0n) is 13.5. The second-order valence-corrected chi connectivity index (χ2v) is 6.54. The Balaban J connectivity index is 1.91. The Labute approximate surface area is 153 Å². The van der Waals surface area contributed by atoms with Gasteiger partial charge >= 0.3 is 12.4 Å². The van der Waals surface area contributed by atoms with Gasteiger partial charge in [0.05, 0.1) is 10.4 Å². The molecule has 0 spiro atoms. The van der Waals surface area contributed by atoms with Gasteiger partial charge in [-0.2, -0.15) is 31.3 Å². The molecule has 0 radical (unpaired) electrons. The molecular formula is C17H10F6N2OS. The lowest BCUT2D eigenvalue weighted by Gasteiger charge is -2.10. The average Bonchev–Trinajstić information content (AvgIpc) is 3.04. The van der Waals surface area contributed by atoms with E-state index in [1.54, 1.807) is 6.92 Å². The molecule has 0 amide bonds. The summed E-state index contributed by atoms with van der Waals surface area (Å²) in [6, 6.07) is 7.73. The summed E-state index contributed by atoms with van der Waals surface area (Å²) in [6.45, 7) is 1.57. The van der Waals surface area contributed by atoms with Crippen molar-refractivity contribution in [1.82, 2.24) is 9.97 Å². The Kier molecular flexibility index (Phi) is 4.85. The van der Waals surface area contributed by atoms with Gasteiger partial charge in [0.15, 0.2) is 5.82 Å². The summed E-state index contributed by atoms with van der Waals surface area (Å²) < 4.78 is 82.0. The van der Waals surface area contributed by atoms with E-state index >= 15 is 0 Å². The van der Waals surface area contributed by atoms with Crippen LogP contribution in [-0.2, 0) is 12.4 Å². The molecule has 0 saturated heterocycles. The number of rotatable bonds is 3. The van der Waals surface area contributed by atoms with Crippen molar-refractivity contribution in [3.05, 3.63) is 58.6 Å². The number of aromatic nitrogens is 2. The van der Waals surface area contributed by atoms with Gasteiger partial charge in [0.25, 0.3) is 0 Å². The van der Waals surface area contributed by atoms with Crippen molar-refractivity contribution < 1.29 is 31.1 Å². The quantitative estimate of drug-likeness (QED) is 0.478. The predicted molar refractivity (Wildman–Crippen MR) is 86.6 cm³/mol. The van der Waals surface area contributed by atoms with Crippen LogP contribution in [-0.4, -0.2) is 9.97 Å². The molecule has 27 heavy (non-hydrogen) atoms. The van der Waals surface area contributed by atoms with Crippen LogP contribution < -0.4 is 4.74 Å². The maximum atomic E-state index is 12.8. The lowest BCUT2D eigenvalue weighted by atomic mass is 10.2. The van der Waals surface area contributed by atoms with Crippen LogP contribution in [0.4, 0.5) is 26.3 Å². The zero-order chi connectivity index (χ0) is 19.8. The molecule has 0 saturated carbocycles. The lowest BCUT2D eigenvalue weighted by Crippen LogP contribution is -2.04. The number of aryl methyl sites for hydroxylation is 1. The van der Waals surface area contributed by atoms with E-state index in [1.165, 1.54) is 24.3 Å². The Bertz CT molecular complexity index is 965. The van der Waals surface area contributed by atoms with E-state index < -0.39 is 22.8 Å². The lowest BCUT2D eigenvalue weighted by molar-refractivity contribution is -0.137. The fraction of sp³-hybridized carbons (Fsp3) is 0.176. The summed E-state index contributed by atoms with van der Waals surface area (Å²) in [5.41, 5.74) is -0.497. The molecule has 0 aliphatic carbocycles. The van der Waals surface area contributed by atoms with Crippen molar-refractivity contribution in [2.45, 2.75) is 19.3 Å². The molecule has 0 unspecified atom stereocenters. The Hall–Kier alpha value is -2.62. The van der Waals surface area contributed by atoms with E-state index in [4.69, 9.17) is 4.74 Å². The third-order valence-corrected chi connectivity index (χ3v) is 4.45. The van der Waals surface area contributed by atoms with Crippen molar-refractivity contribution in [3.8, 4) is 22.3 Å². The zero-order valence-corrected chi connectivity index (χ0v) is 14.3. The highest BCUT2D eigenvalue weighted by atomic mass is 32.1. The average molecular weight is 404 g/mol. The Morgan fingerprint density at radius 1 is 0.889 bits per heavy atom. The first kappa shape index (κ1) is 19.2. The molecule has 3 aromatic rings. The van der Waals surface area contributed by atoms with Crippen LogP contribution >= 0.6 is 11.3 Å². The first-order valence-corrected chi connectivity index (χ1v) is 8.22. The van der Waals surface area contributed by atoms with Crippen molar-refractivity contribution in [2.75, 3.05) is 0 Å². The van der Waals surface area contributed by atoms with Gasteiger partial charge in [0.1, 0.15) is 10.6 Å². The van der Waals surface area contributed by atoms with Gasteiger partial charge in [-0.05, 0) is 37.3 Å². The molecule has 0 aliphatic rings. The monoisotopic (exact) mass is 404 g/mol. The number of hydrogen-bond donors (Lipinski definition) is 0. The second-order valence-electron chi connectivity index (χ2n) is 5.46. The summed E-state index contributed by atoms with van der Waals surface area (Å²) in [4.78, 5) is 7.45. The normalized spacial score (nSPS) is 12.3. The smallest absolute Gasteiger partial charge is 0.425 e. The molecule has 2 aromatic heterocycles. The van der Waals surface area contributed by atoms with Crippen molar-refractivity contribution in [1.29, 1.82) is 0 Å². The highest BCUT2D eigenvalue weighted by molar-refractivity contribution is 7.15. The molecule has 0 N–H and O–H groups in total. The number of alkyl halides is 6. The highest BCUT2D eigenvalue weighted by Crippen LogP contribution is 2.38. The summed E-state index contributed by atoms with van der Waals surface area (Å²) in [5, 5.41) is 0. The molecule has 3 rings (SSSR count). The van der Waals surface area contributed by atoms with Crippen LogP contribution in [0.1, 0.15) is 16.1 Å². The molecule has 0 fully saturated rings. The Morgan fingerprint density at radius 3 is 2.26 bits per heavy atom. The molecule has 0 bridgehead atoms. The molecule has 2 heterocycles. The fourth-order valence-corrected chi connectivity index (χ4v) is 2.98. The minimum absolute atomic E-state index is 0.00234. The molecule has 0 atom stereocenters. The van der Waals surface area contributed by atoms with Crippen LogP contribution in [0.3, 0.4) is 0 Å². The van der Waals surface area contributed by atoms with Crippen molar-refractivity contribution >= 4 is 11.3 Å². The Morgan fingerprint density at radius 2 is 1.63 bits per heavy atom. The van der Waals surface area contributed by atoms with Crippen LogP contribution in [0.5, 0.6) is 11.6 Å². The van der Waals surface area contributed by atoms with Crippen LogP contribution in [0, 0.1) is 6.92 Å². The predicted octanol–water partition coefficient (Wildman–Crippen LogP) is 6.34. The first-order chi connectivity index (χ1) is 12.5. The third-order valence-electron chi connectivity index (χ3n) is 3.32. The van der Waals surface area contributed by atoms with E-state index in [1.807, 2.05) is 0 Å². The summed E-state index contributed by atoms with van der Waals surface area (Å²) >= 11 is 0.468. The summed E-state index contributed by atoms with van der Waals surface area (Å²) in [7, 11) is 0. The molecule has 142 valence electrons. The SMILES string of the molecule is Cc1cc(Oc2cccc(C(F)(F)F)c2)nc(-c2ccc(C(F)(F)F)s2)n1. The number of nitrogens with zero attached hydrogens (tertiary/aromatic N) is 2. The van der Waals surface area contributed by atoms with Crippen LogP contribution in [0.15, 0.2) is 42.5 Å². The highest BCUT2D eigenvalue weighted by Gasteiger charge is 2.33. The molecular weight excluding hydrogens is 394 g/mol. The fourth-order valence-electron chi connectivity index (χ4n) is 2.17. The van der Waals surface area contributed by atoms with Gasteiger partial charge < -0.3 is 4.74 Å². The van der Waals surface area contributed by atoms with Crippen molar-refractivity contribution in [2.24, 2.45) is 0 Å². The second kappa shape index (κ2) is 6.84. The summed E-state index contributed by atoms with van der Waals surface area (Å²) in [6.07, 6.45) is -9.01. The maximum absolute atomic E-state index is 12.8. The number of ether oxygens (including phenoxy) is 1. The number of hydrogen-bond acceptors (Lipinski definition) is 4. The molecule has 10 heteroatoms. The van der Waals surface area contributed by atoms with Gasteiger partial charge in [-0.1, -0.05) is 6.07 Å². The number of halogens is 6.